The van der Waals surface area contributed by atoms with E-state index < -0.39 is 34.0 Å². The van der Waals surface area contributed by atoms with Crippen LogP contribution in [0.3, 0.4) is 0 Å². The number of hydrogen-bond donors (Lipinski definition) is 0. The molecular weight excluding hydrogens is 568 g/mol. The fourth-order valence-electron chi connectivity index (χ4n) is 5.20. The van der Waals surface area contributed by atoms with Crippen LogP contribution in [0.1, 0.15) is 68.0 Å². The van der Waals surface area contributed by atoms with Gasteiger partial charge in [-0.25, -0.2) is 9.59 Å². The molecule has 0 aliphatic carbocycles. The number of carbonyl (C=O) groups excluding carboxylic acids is 2. The van der Waals surface area contributed by atoms with Gasteiger partial charge in [0.05, 0.1) is 32.4 Å². The lowest BCUT2D eigenvalue weighted by Crippen LogP contribution is -2.11. The molecule has 0 radical (unpaired) electrons. The molecule has 0 N–H and O–H groups in total. The number of non-ortho nitro benzene ring substituents is 2. The molecule has 0 bridgehead atoms. The maximum Gasteiger partial charge on any atom is 0.339 e. The number of nitrogens with zero attached hydrogens (tertiary/aromatic N) is 4. The number of carbonyl (C=O) groups is 2. The minimum atomic E-state index is -0.673. The summed E-state index contributed by atoms with van der Waals surface area (Å²) in [6, 6.07) is 25.5. The normalized spacial score (nSPS) is 17.5. The van der Waals surface area contributed by atoms with Gasteiger partial charge in [-0.1, -0.05) is 36.4 Å². The summed E-state index contributed by atoms with van der Waals surface area (Å²) in [5.41, 5.74) is 3.80. The maximum atomic E-state index is 12.5. The molecule has 2 atom stereocenters. The topological polar surface area (TPSA) is 164 Å². The molecule has 0 saturated heterocycles. The zero-order chi connectivity index (χ0) is 30.8. The van der Waals surface area contributed by atoms with E-state index in [1.165, 1.54) is 48.5 Å². The number of fused-ring (bicyclic) bond motifs is 2. The van der Waals surface area contributed by atoms with Gasteiger partial charge in [-0.05, 0) is 47.5 Å². The Labute approximate surface area is 249 Å². The van der Waals surface area contributed by atoms with Crippen molar-refractivity contribution in [2.45, 2.75) is 25.0 Å². The lowest BCUT2D eigenvalue weighted by molar-refractivity contribution is -0.385. The van der Waals surface area contributed by atoms with E-state index in [2.05, 4.69) is 10.2 Å². The van der Waals surface area contributed by atoms with Crippen molar-refractivity contribution in [3.05, 3.63) is 151 Å². The van der Waals surface area contributed by atoms with Gasteiger partial charge in [0.1, 0.15) is 12.2 Å². The smallest absolute Gasteiger partial charge is 0.339 e. The van der Waals surface area contributed by atoms with Crippen LogP contribution < -0.4 is 0 Å². The molecule has 6 rings (SSSR count). The fraction of sp³-hybridized carbons (Fsp3) is 0.125. The third-order valence-corrected chi connectivity index (χ3v) is 7.43. The summed E-state index contributed by atoms with van der Waals surface area (Å²) in [5, 5.41) is 31.6. The number of benzene rings is 4. The second-order valence-corrected chi connectivity index (χ2v) is 10.1. The van der Waals surface area contributed by atoms with Crippen LogP contribution >= 0.6 is 0 Å². The van der Waals surface area contributed by atoms with Crippen LogP contribution in [0.2, 0.25) is 0 Å². The monoisotopic (exact) mass is 590 g/mol. The van der Waals surface area contributed by atoms with E-state index in [1.54, 1.807) is 48.5 Å². The van der Waals surface area contributed by atoms with Gasteiger partial charge in [0.2, 0.25) is 0 Å². The summed E-state index contributed by atoms with van der Waals surface area (Å²) in [5.74, 6) is -0.934. The Balaban J connectivity index is 1.42. The van der Waals surface area contributed by atoms with Crippen LogP contribution in [0.5, 0.6) is 0 Å². The predicted molar refractivity (Wildman–Crippen MR) is 158 cm³/mol. The highest BCUT2D eigenvalue weighted by molar-refractivity contribution is 6.05. The van der Waals surface area contributed by atoms with Gasteiger partial charge in [0.25, 0.3) is 11.4 Å². The third kappa shape index (κ3) is 5.55. The van der Waals surface area contributed by atoms with E-state index in [0.29, 0.717) is 44.8 Å². The molecule has 0 aromatic heterocycles. The van der Waals surface area contributed by atoms with Crippen molar-refractivity contribution in [1.82, 2.24) is 0 Å². The van der Waals surface area contributed by atoms with Crippen LogP contribution in [-0.4, -0.2) is 33.2 Å². The highest BCUT2D eigenvalue weighted by Gasteiger charge is 2.33. The van der Waals surface area contributed by atoms with Crippen LogP contribution in [0.15, 0.2) is 107 Å². The van der Waals surface area contributed by atoms with Crippen LogP contribution in [0, 0.1) is 20.2 Å². The first-order chi connectivity index (χ1) is 21.3. The quantitative estimate of drug-likeness (QED) is 0.0948. The van der Waals surface area contributed by atoms with E-state index in [9.17, 15) is 29.8 Å². The molecule has 2 aliphatic heterocycles. The Morgan fingerprint density at radius 2 is 0.955 bits per heavy atom. The Morgan fingerprint density at radius 3 is 1.32 bits per heavy atom. The predicted octanol–water partition coefficient (Wildman–Crippen LogP) is 6.30. The van der Waals surface area contributed by atoms with Crippen molar-refractivity contribution in [3.63, 3.8) is 0 Å². The van der Waals surface area contributed by atoms with Gasteiger partial charge >= 0.3 is 11.9 Å². The SMILES string of the molecule is O=C1O[C@@H](C/C(=N\N=C(/C[C@@H]2OC(=O)c3ccccc32)c2ccc([N+](=O)[O-])cc2)c2ccc([N+](=O)[O-])cc2)c2ccccc21. The van der Waals surface area contributed by atoms with Crippen molar-refractivity contribution < 1.29 is 28.9 Å². The number of rotatable bonds is 9. The first-order valence-electron chi connectivity index (χ1n) is 13.5. The van der Waals surface area contributed by atoms with E-state index in [4.69, 9.17) is 9.47 Å². The molecule has 0 spiro atoms. The minimum absolute atomic E-state index is 0.109. The van der Waals surface area contributed by atoms with Crippen molar-refractivity contribution in [3.8, 4) is 0 Å². The first-order valence-corrected chi connectivity index (χ1v) is 13.5. The van der Waals surface area contributed by atoms with Gasteiger partial charge in [-0.3, -0.25) is 20.2 Å². The van der Waals surface area contributed by atoms with E-state index in [0.717, 1.165) is 0 Å². The number of ether oxygens (including phenoxy) is 2. The van der Waals surface area contributed by atoms with Crippen molar-refractivity contribution in [1.29, 1.82) is 0 Å². The molecule has 0 saturated carbocycles. The average molecular weight is 591 g/mol. The standard InChI is InChI=1S/C32H22N4O8/c37-31-25-7-3-1-5-23(25)29(43-31)17-27(19-9-13-21(14-10-19)35(39)40)33-34-28(20-11-15-22(16-12-20)36(41)42)18-30-24-6-2-4-8-26(24)32(38)44-30/h1-16,29-30H,17-18H2/b33-27+,34-28+/t29-,30-/m0/s1. The van der Waals surface area contributed by atoms with Crippen molar-refractivity contribution in [2.24, 2.45) is 10.2 Å². The van der Waals surface area contributed by atoms with Gasteiger partial charge in [0, 0.05) is 48.2 Å². The maximum absolute atomic E-state index is 12.5. The first kappa shape index (κ1) is 28.1. The summed E-state index contributed by atoms with van der Waals surface area (Å²) >= 11 is 0. The average Bonchev–Trinajstić information content (AvgIpc) is 3.53. The summed E-state index contributed by atoms with van der Waals surface area (Å²) in [4.78, 5) is 46.5. The van der Waals surface area contributed by atoms with Crippen LogP contribution in [-0.2, 0) is 9.47 Å². The molecule has 0 fully saturated rings. The molecular formula is C32H22N4O8. The lowest BCUT2D eigenvalue weighted by atomic mass is 9.97. The van der Waals surface area contributed by atoms with Gasteiger partial charge in [-0.15, -0.1) is 0 Å². The largest absolute Gasteiger partial charge is 0.453 e. The zero-order valence-electron chi connectivity index (χ0n) is 22.9. The Kier molecular flexibility index (Phi) is 7.46. The lowest BCUT2D eigenvalue weighted by Gasteiger charge is -2.14. The molecule has 12 nitrogen and oxygen atoms in total. The molecule has 2 heterocycles. The highest BCUT2D eigenvalue weighted by atomic mass is 16.6. The molecule has 2 aliphatic rings. The fourth-order valence-corrected chi connectivity index (χ4v) is 5.20. The summed E-state index contributed by atoms with van der Waals surface area (Å²) in [6.45, 7) is 0. The second-order valence-electron chi connectivity index (χ2n) is 10.1. The molecule has 4 aromatic rings. The van der Waals surface area contributed by atoms with Gasteiger partial charge < -0.3 is 9.47 Å². The minimum Gasteiger partial charge on any atom is -0.453 e. The molecule has 0 unspecified atom stereocenters. The van der Waals surface area contributed by atoms with Gasteiger partial charge in [0.15, 0.2) is 0 Å². The number of nitro benzene ring substituents is 2. The summed E-state index contributed by atoms with van der Waals surface area (Å²) in [6.07, 6.45) is -1.13. The highest BCUT2D eigenvalue weighted by Crippen LogP contribution is 2.36. The summed E-state index contributed by atoms with van der Waals surface area (Å²) < 4.78 is 11.3. The van der Waals surface area contributed by atoms with Crippen molar-refractivity contribution >= 4 is 34.7 Å². The Bertz CT molecular complexity index is 1730. The van der Waals surface area contributed by atoms with Gasteiger partial charge in [-0.2, -0.15) is 10.2 Å². The van der Waals surface area contributed by atoms with E-state index >= 15 is 0 Å². The number of nitro groups is 2. The number of hydrogen-bond acceptors (Lipinski definition) is 10. The Morgan fingerprint density at radius 1 is 0.591 bits per heavy atom. The molecule has 44 heavy (non-hydrogen) atoms. The number of esters is 2. The zero-order valence-corrected chi connectivity index (χ0v) is 22.9. The third-order valence-electron chi connectivity index (χ3n) is 7.43. The van der Waals surface area contributed by atoms with Crippen LogP contribution in [0.25, 0.3) is 0 Å². The van der Waals surface area contributed by atoms with E-state index in [-0.39, 0.29) is 24.2 Å². The second kappa shape index (κ2) is 11.7. The molecule has 218 valence electrons. The van der Waals surface area contributed by atoms with Crippen molar-refractivity contribution in [2.75, 3.05) is 0 Å². The Hall–Kier alpha value is -6.04. The number of cyclic esters (lactones) is 2. The molecule has 0 amide bonds. The van der Waals surface area contributed by atoms with Crippen LogP contribution in [0.4, 0.5) is 11.4 Å². The summed E-state index contributed by atoms with van der Waals surface area (Å²) in [7, 11) is 0. The molecule has 12 heteroatoms. The van der Waals surface area contributed by atoms with E-state index in [1.807, 2.05) is 0 Å². The molecule has 4 aromatic carbocycles.